The first-order valence-electron chi connectivity index (χ1n) is 8.54. The Labute approximate surface area is 158 Å². The normalized spacial score (nSPS) is 23.4. The Bertz CT molecular complexity index is 974. The number of anilines is 2. The zero-order valence-corrected chi connectivity index (χ0v) is 15.8. The van der Waals surface area contributed by atoms with Crippen molar-refractivity contribution < 1.29 is 22.7 Å². The van der Waals surface area contributed by atoms with Crippen LogP contribution in [0.1, 0.15) is 0 Å². The van der Waals surface area contributed by atoms with E-state index in [0.717, 1.165) is 0 Å². The third-order valence-corrected chi connectivity index (χ3v) is 6.75. The lowest BCUT2D eigenvalue weighted by Gasteiger charge is -2.23. The summed E-state index contributed by atoms with van der Waals surface area (Å²) in [5.74, 6) is 1.19. The minimum Gasteiger partial charge on any atom is -0.497 e. The van der Waals surface area contributed by atoms with Crippen molar-refractivity contribution in [1.29, 1.82) is 0 Å². The number of ether oxygens (including phenoxy) is 2. The number of hydrogen-bond donors (Lipinski definition) is 0. The van der Waals surface area contributed by atoms with Crippen LogP contribution in [-0.4, -0.2) is 52.3 Å². The minimum atomic E-state index is -3.23. The molecule has 2 aliphatic heterocycles. The highest BCUT2D eigenvalue weighted by molar-refractivity contribution is 7.91. The lowest BCUT2D eigenvalue weighted by molar-refractivity contribution is 0.255. The molecule has 27 heavy (non-hydrogen) atoms. The van der Waals surface area contributed by atoms with Gasteiger partial charge in [-0.3, -0.25) is 9.80 Å². The molecule has 2 unspecified atom stereocenters. The van der Waals surface area contributed by atoms with Gasteiger partial charge < -0.3 is 9.47 Å². The van der Waals surface area contributed by atoms with Crippen LogP contribution in [-0.2, 0) is 9.84 Å². The first kappa shape index (κ1) is 17.7. The maximum absolute atomic E-state index is 13.3. The number of urea groups is 1. The van der Waals surface area contributed by atoms with Gasteiger partial charge in [-0.2, -0.15) is 0 Å². The standard InChI is InChI=1S/C19H20N2O5S/c1-25-15-8-6-13(7-9-15)20-17-11-27(23,24)12-18(17)21(19(20)22)14-4-3-5-16(10-14)26-2/h3-10,17-18H,11-12H2,1-2H3. The number of fused-ring (bicyclic) bond motifs is 1. The fourth-order valence-electron chi connectivity index (χ4n) is 3.81. The SMILES string of the molecule is COc1ccc(N2C(=O)N(c3cccc(OC)c3)C3CS(=O)(=O)CC32)cc1. The molecule has 0 spiro atoms. The fraction of sp³-hybridized carbons (Fsp3) is 0.316. The number of carbonyl (C=O) groups excluding carboxylic acids is 1. The number of nitrogens with zero attached hydrogens (tertiary/aromatic N) is 2. The maximum atomic E-state index is 13.3. The van der Waals surface area contributed by atoms with Crippen molar-refractivity contribution in [3.05, 3.63) is 48.5 Å². The van der Waals surface area contributed by atoms with Crippen molar-refractivity contribution in [2.75, 3.05) is 35.5 Å². The van der Waals surface area contributed by atoms with Gasteiger partial charge in [0.2, 0.25) is 0 Å². The van der Waals surface area contributed by atoms with Gasteiger partial charge in [-0.25, -0.2) is 13.2 Å². The topological polar surface area (TPSA) is 76.2 Å². The minimum absolute atomic E-state index is 0.0457. The molecule has 0 saturated carbocycles. The summed E-state index contributed by atoms with van der Waals surface area (Å²) in [6.45, 7) is 0. The summed E-state index contributed by atoms with van der Waals surface area (Å²) in [5.41, 5.74) is 1.28. The van der Waals surface area contributed by atoms with Gasteiger partial charge in [0.15, 0.2) is 9.84 Å². The molecule has 4 rings (SSSR count). The highest BCUT2D eigenvalue weighted by Gasteiger charge is 2.54. The van der Waals surface area contributed by atoms with Crippen molar-refractivity contribution in [3.8, 4) is 11.5 Å². The zero-order chi connectivity index (χ0) is 19.2. The molecule has 0 bridgehead atoms. The summed E-state index contributed by atoms with van der Waals surface area (Å²) >= 11 is 0. The number of amides is 2. The third-order valence-electron chi connectivity index (χ3n) is 5.05. The van der Waals surface area contributed by atoms with Crippen LogP contribution in [0.2, 0.25) is 0 Å². The van der Waals surface area contributed by atoms with E-state index < -0.39 is 21.9 Å². The monoisotopic (exact) mass is 388 g/mol. The summed E-state index contributed by atoms with van der Waals surface area (Å²) in [6.07, 6.45) is 0. The van der Waals surface area contributed by atoms with Crippen LogP contribution in [0.3, 0.4) is 0 Å². The molecule has 2 amide bonds. The van der Waals surface area contributed by atoms with E-state index in [0.29, 0.717) is 22.9 Å². The average Bonchev–Trinajstić information content (AvgIpc) is 3.10. The van der Waals surface area contributed by atoms with Crippen LogP contribution < -0.4 is 19.3 Å². The summed E-state index contributed by atoms with van der Waals surface area (Å²) in [7, 11) is -0.108. The summed E-state index contributed by atoms with van der Waals surface area (Å²) in [6, 6.07) is 13.1. The Kier molecular flexibility index (Phi) is 4.22. The van der Waals surface area contributed by atoms with Crippen molar-refractivity contribution in [2.24, 2.45) is 0 Å². The van der Waals surface area contributed by atoms with Crippen LogP contribution in [0.4, 0.5) is 16.2 Å². The van der Waals surface area contributed by atoms with Gasteiger partial charge in [-0.15, -0.1) is 0 Å². The number of rotatable bonds is 4. The van der Waals surface area contributed by atoms with Crippen LogP contribution in [0.25, 0.3) is 0 Å². The molecule has 2 fully saturated rings. The molecule has 2 heterocycles. The first-order chi connectivity index (χ1) is 12.9. The quantitative estimate of drug-likeness (QED) is 0.752. The Hall–Kier alpha value is -2.74. The van der Waals surface area contributed by atoms with E-state index in [1.165, 1.54) is 0 Å². The van der Waals surface area contributed by atoms with E-state index in [1.807, 2.05) is 0 Å². The lowest BCUT2D eigenvalue weighted by Crippen LogP contribution is -2.37. The summed E-state index contributed by atoms with van der Waals surface area (Å²) in [5, 5.41) is 0. The van der Waals surface area contributed by atoms with Crippen LogP contribution in [0.15, 0.2) is 48.5 Å². The van der Waals surface area contributed by atoms with E-state index in [4.69, 9.17) is 9.47 Å². The van der Waals surface area contributed by atoms with E-state index in [1.54, 1.807) is 72.6 Å². The fourth-order valence-corrected chi connectivity index (χ4v) is 5.73. The van der Waals surface area contributed by atoms with E-state index >= 15 is 0 Å². The highest BCUT2D eigenvalue weighted by Crippen LogP contribution is 2.39. The molecule has 8 heteroatoms. The Morgan fingerprint density at radius 2 is 1.44 bits per heavy atom. The predicted molar refractivity (Wildman–Crippen MR) is 103 cm³/mol. The number of carbonyl (C=O) groups is 1. The van der Waals surface area contributed by atoms with Crippen LogP contribution >= 0.6 is 0 Å². The summed E-state index contributed by atoms with van der Waals surface area (Å²) in [4.78, 5) is 16.4. The average molecular weight is 388 g/mol. The second-order valence-corrected chi connectivity index (χ2v) is 8.79. The zero-order valence-electron chi connectivity index (χ0n) is 15.0. The molecule has 2 aromatic rings. The molecular weight excluding hydrogens is 368 g/mol. The van der Waals surface area contributed by atoms with Gasteiger partial charge in [0.05, 0.1) is 37.8 Å². The molecule has 0 aliphatic carbocycles. The van der Waals surface area contributed by atoms with Gasteiger partial charge in [0.25, 0.3) is 0 Å². The molecule has 2 saturated heterocycles. The van der Waals surface area contributed by atoms with Gasteiger partial charge in [0.1, 0.15) is 11.5 Å². The molecule has 2 aromatic carbocycles. The van der Waals surface area contributed by atoms with E-state index in [-0.39, 0.29) is 17.5 Å². The van der Waals surface area contributed by atoms with Gasteiger partial charge in [-0.1, -0.05) is 6.07 Å². The summed E-state index contributed by atoms with van der Waals surface area (Å²) < 4.78 is 35.1. The van der Waals surface area contributed by atoms with Crippen molar-refractivity contribution in [2.45, 2.75) is 12.1 Å². The Balaban J connectivity index is 1.77. The van der Waals surface area contributed by atoms with Crippen molar-refractivity contribution in [1.82, 2.24) is 0 Å². The van der Waals surface area contributed by atoms with E-state index in [2.05, 4.69) is 0 Å². The largest absolute Gasteiger partial charge is 0.497 e. The molecule has 2 aliphatic rings. The second-order valence-electron chi connectivity index (χ2n) is 6.63. The molecular formula is C19H20N2O5S. The van der Waals surface area contributed by atoms with Gasteiger partial charge in [0, 0.05) is 17.4 Å². The van der Waals surface area contributed by atoms with Crippen LogP contribution in [0, 0.1) is 0 Å². The molecule has 142 valence electrons. The smallest absolute Gasteiger partial charge is 0.329 e. The molecule has 0 radical (unpaired) electrons. The van der Waals surface area contributed by atoms with Gasteiger partial charge >= 0.3 is 6.03 Å². The van der Waals surface area contributed by atoms with Gasteiger partial charge in [-0.05, 0) is 36.4 Å². The number of sulfone groups is 1. The first-order valence-corrected chi connectivity index (χ1v) is 10.4. The molecule has 0 aromatic heterocycles. The third kappa shape index (κ3) is 2.99. The highest BCUT2D eigenvalue weighted by atomic mass is 32.2. The van der Waals surface area contributed by atoms with Crippen LogP contribution in [0.5, 0.6) is 11.5 Å². The number of methoxy groups -OCH3 is 2. The van der Waals surface area contributed by atoms with Crippen molar-refractivity contribution in [3.63, 3.8) is 0 Å². The Morgan fingerprint density at radius 1 is 0.852 bits per heavy atom. The molecule has 0 N–H and O–H groups in total. The van der Waals surface area contributed by atoms with E-state index in [9.17, 15) is 13.2 Å². The predicted octanol–water partition coefficient (Wildman–Crippen LogP) is 2.32. The maximum Gasteiger partial charge on any atom is 0.329 e. The molecule has 2 atom stereocenters. The molecule has 7 nitrogen and oxygen atoms in total. The number of benzene rings is 2. The Morgan fingerprint density at radius 3 is 2.04 bits per heavy atom. The lowest BCUT2D eigenvalue weighted by atomic mass is 10.1. The van der Waals surface area contributed by atoms with Crippen molar-refractivity contribution >= 4 is 27.2 Å². The second kappa shape index (κ2) is 6.45. The number of hydrogen-bond acceptors (Lipinski definition) is 5.